The van der Waals surface area contributed by atoms with Crippen LogP contribution in [0, 0.1) is 5.41 Å². The van der Waals surface area contributed by atoms with E-state index in [4.69, 9.17) is 14.5 Å². The second-order valence-corrected chi connectivity index (χ2v) is 7.34. The van der Waals surface area contributed by atoms with Gasteiger partial charge in [0.15, 0.2) is 5.96 Å². The summed E-state index contributed by atoms with van der Waals surface area (Å²) in [5, 5.41) is 3.45. The molecule has 5 heteroatoms. The molecule has 0 aromatic carbocycles. The quantitative estimate of drug-likeness (QED) is 0.479. The Labute approximate surface area is 140 Å². The van der Waals surface area contributed by atoms with Crippen molar-refractivity contribution >= 4 is 5.96 Å². The van der Waals surface area contributed by atoms with Gasteiger partial charge in [0.25, 0.3) is 0 Å². The van der Waals surface area contributed by atoms with Gasteiger partial charge in [-0.1, -0.05) is 19.3 Å². The number of hydrogen-bond donors (Lipinski definition) is 1. The molecule has 1 spiro atoms. The fourth-order valence-electron chi connectivity index (χ4n) is 4.12. The maximum Gasteiger partial charge on any atom is 0.194 e. The third kappa shape index (κ3) is 4.60. The third-order valence-electron chi connectivity index (χ3n) is 5.52. The summed E-state index contributed by atoms with van der Waals surface area (Å²) in [4.78, 5) is 7.22. The second-order valence-electron chi connectivity index (χ2n) is 7.34. The molecular formula is C18H33N3O2. The van der Waals surface area contributed by atoms with Crippen LogP contribution in [0.15, 0.2) is 4.99 Å². The molecule has 3 fully saturated rings. The highest BCUT2D eigenvalue weighted by atomic mass is 16.5. The van der Waals surface area contributed by atoms with Gasteiger partial charge in [0, 0.05) is 31.7 Å². The van der Waals surface area contributed by atoms with Crippen LogP contribution >= 0.6 is 0 Å². The van der Waals surface area contributed by atoms with E-state index in [0.29, 0.717) is 11.5 Å². The summed E-state index contributed by atoms with van der Waals surface area (Å²) in [6.07, 6.45) is 9.42. The Kier molecular flexibility index (Phi) is 6.17. The monoisotopic (exact) mass is 323 g/mol. The molecule has 0 amide bonds. The van der Waals surface area contributed by atoms with Crippen molar-refractivity contribution in [3.63, 3.8) is 0 Å². The summed E-state index contributed by atoms with van der Waals surface area (Å²) in [6, 6.07) is 0. The molecule has 3 aliphatic rings. The number of guanidine groups is 1. The Hall–Kier alpha value is -0.810. The predicted molar refractivity (Wildman–Crippen MR) is 92.9 cm³/mol. The van der Waals surface area contributed by atoms with E-state index in [9.17, 15) is 0 Å². The molecule has 1 saturated carbocycles. The SMILES string of the molecule is CCNC(=NCCOC1CCCCC1)N1CCC2(CCOC2)C1. The Morgan fingerprint density at radius 3 is 2.91 bits per heavy atom. The Balaban J connectivity index is 1.45. The van der Waals surface area contributed by atoms with Crippen molar-refractivity contribution in [2.75, 3.05) is 46.0 Å². The van der Waals surface area contributed by atoms with Gasteiger partial charge < -0.3 is 19.7 Å². The van der Waals surface area contributed by atoms with Gasteiger partial charge >= 0.3 is 0 Å². The maximum absolute atomic E-state index is 5.99. The van der Waals surface area contributed by atoms with Crippen LogP contribution in [0.25, 0.3) is 0 Å². The summed E-state index contributed by atoms with van der Waals surface area (Å²) in [6.45, 7) is 8.60. The Morgan fingerprint density at radius 1 is 1.30 bits per heavy atom. The third-order valence-corrected chi connectivity index (χ3v) is 5.52. The topological polar surface area (TPSA) is 46.1 Å². The van der Waals surface area contributed by atoms with Crippen molar-refractivity contribution in [2.45, 2.75) is 58.0 Å². The highest BCUT2D eigenvalue weighted by Gasteiger charge is 2.42. The largest absolute Gasteiger partial charge is 0.381 e. The highest BCUT2D eigenvalue weighted by molar-refractivity contribution is 5.80. The zero-order chi connectivity index (χ0) is 16.0. The van der Waals surface area contributed by atoms with E-state index in [1.54, 1.807) is 0 Å². The maximum atomic E-state index is 5.99. The van der Waals surface area contributed by atoms with Gasteiger partial charge in [0.2, 0.25) is 0 Å². The molecule has 0 aromatic heterocycles. The molecule has 1 N–H and O–H groups in total. The summed E-state index contributed by atoms with van der Waals surface area (Å²) in [5.41, 5.74) is 0.384. The van der Waals surface area contributed by atoms with Gasteiger partial charge in [-0.05, 0) is 32.6 Å². The van der Waals surface area contributed by atoms with E-state index in [1.165, 1.54) is 44.9 Å². The molecule has 1 unspecified atom stereocenters. The number of aliphatic imine (C=N–C) groups is 1. The predicted octanol–water partition coefficient (Wildman–Crippen LogP) is 2.41. The van der Waals surface area contributed by atoms with Gasteiger partial charge in [0.05, 0.1) is 25.9 Å². The normalized spacial score (nSPS) is 29.6. The molecule has 5 nitrogen and oxygen atoms in total. The van der Waals surface area contributed by atoms with Crippen molar-refractivity contribution in [1.29, 1.82) is 0 Å². The number of nitrogens with zero attached hydrogens (tertiary/aromatic N) is 2. The van der Waals surface area contributed by atoms with Crippen molar-refractivity contribution in [3.8, 4) is 0 Å². The van der Waals surface area contributed by atoms with E-state index in [0.717, 1.165) is 52.0 Å². The summed E-state index contributed by atoms with van der Waals surface area (Å²) in [5.74, 6) is 1.06. The van der Waals surface area contributed by atoms with Crippen LogP contribution in [0.5, 0.6) is 0 Å². The van der Waals surface area contributed by atoms with Crippen LogP contribution in [0.1, 0.15) is 51.9 Å². The van der Waals surface area contributed by atoms with Gasteiger partial charge in [-0.3, -0.25) is 4.99 Å². The van der Waals surface area contributed by atoms with Crippen molar-refractivity contribution < 1.29 is 9.47 Å². The molecule has 23 heavy (non-hydrogen) atoms. The number of rotatable bonds is 5. The second kappa shape index (κ2) is 8.34. The molecule has 2 saturated heterocycles. The lowest BCUT2D eigenvalue weighted by atomic mass is 9.87. The van der Waals surface area contributed by atoms with E-state index in [2.05, 4.69) is 17.1 Å². The Morgan fingerprint density at radius 2 is 2.17 bits per heavy atom. The zero-order valence-electron chi connectivity index (χ0n) is 14.7. The number of likely N-dealkylation sites (tertiary alicyclic amines) is 1. The minimum Gasteiger partial charge on any atom is -0.381 e. The van der Waals surface area contributed by atoms with Crippen molar-refractivity contribution in [2.24, 2.45) is 10.4 Å². The first kappa shape index (κ1) is 17.0. The number of ether oxygens (including phenoxy) is 2. The first-order valence-electron chi connectivity index (χ1n) is 9.54. The summed E-state index contributed by atoms with van der Waals surface area (Å²) >= 11 is 0. The molecule has 3 rings (SSSR count). The average Bonchev–Trinajstić information content (AvgIpc) is 3.22. The lowest BCUT2D eigenvalue weighted by Crippen LogP contribution is -2.41. The molecule has 0 aromatic rings. The van der Waals surface area contributed by atoms with Crippen molar-refractivity contribution in [3.05, 3.63) is 0 Å². The lowest BCUT2D eigenvalue weighted by Gasteiger charge is -2.25. The molecule has 1 atom stereocenters. The van der Waals surface area contributed by atoms with Gasteiger partial charge in [-0.15, -0.1) is 0 Å². The van der Waals surface area contributed by atoms with E-state index >= 15 is 0 Å². The molecule has 1 aliphatic carbocycles. The van der Waals surface area contributed by atoms with Gasteiger partial charge in [-0.25, -0.2) is 0 Å². The van der Waals surface area contributed by atoms with Crippen LogP contribution in [0.2, 0.25) is 0 Å². The van der Waals surface area contributed by atoms with Gasteiger partial charge in [-0.2, -0.15) is 0 Å². The first-order valence-corrected chi connectivity index (χ1v) is 9.54. The summed E-state index contributed by atoms with van der Waals surface area (Å²) < 4.78 is 11.6. The van der Waals surface area contributed by atoms with E-state index < -0.39 is 0 Å². The van der Waals surface area contributed by atoms with Crippen molar-refractivity contribution in [1.82, 2.24) is 10.2 Å². The van der Waals surface area contributed by atoms with Crippen LogP contribution < -0.4 is 5.32 Å². The number of hydrogen-bond acceptors (Lipinski definition) is 3. The highest BCUT2D eigenvalue weighted by Crippen LogP contribution is 2.38. The minimum absolute atomic E-state index is 0.384. The van der Waals surface area contributed by atoms with Crippen LogP contribution in [0.4, 0.5) is 0 Å². The molecule has 2 aliphatic heterocycles. The van der Waals surface area contributed by atoms with Crippen LogP contribution in [-0.2, 0) is 9.47 Å². The molecule has 0 bridgehead atoms. The minimum atomic E-state index is 0.384. The molecular weight excluding hydrogens is 290 g/mol. The fraction of sp³-hybridized carbons (Fsp3) is 0.944. The average molecular weight is 323 g/mol. The molecule has 132 valence electrons. The smallest absolute Gasteiger partial charge is 0.194 e. The zero-order valence-corrected chi connectivity index (χ0v) is 14.7. The Bertz CT molecular complexity index is 388. The standard InChI is InChI=1S/C18H33N3O2/c1-2-19-17(20-10-13-23-16-6-4-3-5-7-16)21-11-8-18(14-21)9-12-22-15-18/h16H,2-15H2,1H3,(H,19,20). The fourth-order valence-corrected chi connectivity index (χ4v) is 4.12. The first-order chi connectivity index (χ1) is 11.3. The molecule has 2 heterocycles. The number of nitrogens with one attached hydrogen (secondary N) is 1. The van der Waals surface area contributed by atoms with E-state index in [1.807, 2.05) is 0 Å². The van der Waals surface area contributed by atoms with Gasteiger partial charge in [0.1, 0.15) is 0 Å². The van der Waals surface area contributed by atoms with E-state index in [-0.39, 0.29) is 0 Å². The van der Waals surface area contributed by atoms with Crippen LogP contribution in [0.3, 0.4) is 0 Å². The lowest BCUT2D eigenvalue weighted by molar-refractivity contribution is 0.0334. The van der Waals surface area contributed by atoms with Crippen LogP contribution in [-0.4, -0.2) is 63.0 Å². The summed E-state index contributed by atoms with van der Waals surface area (Å²) in [7, 11) is 0. The molecule has 0 radical (unpaired) electrons.